The number of H-pyrrole nitrogens is 1. The van der Waals surface area contributed by atoms with Crippen molar-refractivity contribution >= 4 is 40.3 Å². The molecule has 3 rings (SSSR count). The van der Waals surface area contributed by atoms with Crippen LogP contribution in [-0.4, -0.2) is 59.2 Å². The first-order chi connectivity index (χ1) is 11.2. The van der Waals surface area contributed by atoms with Gasteiger partial charge in [0.15, 0.2) is 0 Å². The molecule has 2 heterocycles. The average Bonchev–Trinajstić information content (AvgIpc) is 2.88. The molecule has 0 saturated carbocycles. The van der Waals surface area contributed by atoms with Crippen LogP contribution in [0.15, 0.2) is 29.2 Å². The van der Waals surface area contributed by atoms with Crippen molar-refractivity contribution in [2.24, 2.45) is 0 Å². The second kappa shape index (κ2) is 8.13. The van der Waals surface area contributed by atoms with Gasteiger partial charge in [-0.2, -0.15) is 11.8 Å². The third kappa shape index (κ3) is 4.46. The van der Waals surface area contributed by atoms with Gasteiger partial charge in [-0.25, -0.2) is 0 Å². The van der Waals surface area contributed by atoms with Crippen LogP contribution in [0.3, 0.4) is 0 Å². The molecule has 2 N–H and O–H groups in total. The first-order valence-electron chi connectivity index (χ1n) is 8.01. The Balaban J connectivity index is 1.44. The quantitative estimate of drug-likeness (QED) is 0.622. The summed E-state index contributed by atoms with van der Waals surface area (Å²) in [5.41, 5.74) is 2.38. The molecule has 0 radical (unpaired) electrons. The van der Waals surface area contributed by atoms with E-state index in [1.807, 2.05) is 29.6 Å². The molecule has 2 aromatic rings. The molecule has 1 aromatic heterocycles. The van der Waals surface area contributed by atoms with Crippen molar-refractivity contribution in [1.29, 1.82) is 0 Å². The maximum absolute atomic E-state index is 12.0. The first-order valence-corrected chi connectivity index (χ1v) is 10.1. The van der Waals surface area contributed by atoms with E-state index in [-0.39, 0.29) is 5.91 Å². The van der Waals surface area contributed by atoms with E-state index in [4.69, 9.17) is 0 Å². The van der Waals surface area contributed by atoms with Gasteiger partial charge in [0.2, 0.25) is 5.91 Å². The molecule has 0 spiro atoms. The minimum atomic E-state index is 0.146. The van der Waals surface area contributed by atoms with Crippen LogP contribution in [0.5, 0.6) is 0 Å². The van der Waals surface area contributed by atoms with E-state index in [2.05, 4.69) is 40.3 Å². The molecular weight excluding hydrogens is 326 g/mol. The summed E-state index contributed by atoms with van der Waals surface area (Å²) < 4.78 is 0. The largest absolute Gasteiger partial charge is 0.358 e. The third-order valence-corrected chi connectivity index (χ3v) is 6.14. The summed E-state index contributed by atoms with van der Waals surface area (Å²) in [5.74, 6) is 3.32. The average molecular weight is 350 g/mol. The van der Waals surface area contributed by atoms with Gasteiger partial charge >= 0.3 is 0 Å². The summed E-state index contributed by atoms with van der Waals surface area (Å²) >= 11 is 3.78. The second-order valence-electron chi connectivity index (χ2n) is 5.71. The zero-order chi connectivity index (χ0) is 16.1. The van der Waals surface area contributed by atoms with Gasteiger partial charge in [0.1, 0.15) is 0 Å². The fourth-order valence-electron chi connectivity index (χ4n) is 2.80. The number of carbonyl (C=O) groups is 1. The summed E-state index contributed by atoms with van der Waals surface area (Å²) in [6.45, 7) is 5.42. The van der Waals surface area contributed by atoms with Crippen LogP contribution in [0.25, 0.3) is 10.9 Å². The second-order valence-corrected chi connectivity index (χ2v) is 8.04. The van der Waals surface area contributed by atoms with Crippen molar-refractivity contribution in [1.82, 2.24) is 15.2 Å². The van der Waals surface area contributed by atoms with E-state index in [1.165, 1.54) is 21.5 Å². The molecule has 1 saturated heterocycles. The highest BCUT2D eigenvalue weighted by atomic mass is 32.2. The number of nitrogens with zero attached hydrogens (tertiary/aromatic N) is 1. The Hall–Kier alpha value is -1.11. The topological polar surface area (TPSA) is 48.1 Å². The van der Waals surface area contributed by atoms with Gasteiger partial charge in [0.25, 0.3) is 0 Å². The SMILES string of the molecule is Cc1[nH]c2ccccc2c1SCCNC(=O)CN1CCSCC1. The molecule has 124 valence electrons. The number of nitrogens with one attached hydrogen (secondary N) is 2. The standard InChI is InChI=1S/C17H23N3OS2/c1-13-17(14-4-2-3-5-15(14)19-13)23-9-6-18-16(21)12-20-7-10-22-11-8-20/h2-5,19H,6-12H2,1H3,(H,18,21). The number of hydrogen-bond donors (Lipinski definition) is 2. The summed E-state index contributed by atoms with van der Waals surface area (Å²) in [6.07, 6.45) is 0. The zero-order valence-electron chi connectivity index (χ0n) is 13.4. The minimum Gasteiger partial charge on any atom is -0.358 e. The number of para-hydroxylation sites is 1. The molecule has 4 nitrogen and oxygen atoms in total. The van der Waals surface area contributed by atoms with Crippen molar-refractivity contribution in [3.63, 3.8) is 0 Å². The third-order valence-electron chi connectivity index (χ3n) is 3.98. The van der Waals surface area contributed by atoms with E-state index in [0.29, 0.717) is 13.1 Å². The summed E-state index contributed by atoms with van der Waals surface area (Å²) in [5, 5.41) is 4.31. The Morgan fingerprint density at radius 2 is 2.13 bits per heavy atom. The molecule has 6 heteroatoms. The highest BCUT2D eigenvalue weighted by Gasteiger charge is 2.14. The first kappa shape index (κ1) is 16.7. The number of rotatable bonds is 6. The highest BCUT2D eigenvalue weighted by Crippen LogP contribution is 2.30. The highest BCUT2D eigenvalue weighted by molar-refractivity contribution is 7.99. The van der Waals surface area contributed by atoms with Gasteiger partial charge in [-0.05, 0) is 13.0 Å². The number of aryl methyl sites for hydroxylation is 1. The lowest BCUT2D eigenvalue weighted by Gasteiger charge is -2.25. The number of aromatic amines is 1. The van der Waals surface area contributed by atoms with Crippen molar-refractivity contribution in [3.8, 4) is 0 Å². The smallest absolute Gasteiger partial charge is 0.234 e. The van der Waals surface area contributed by atoms with Gasteiger partial charge in [-0.3, -0.25) is 9.69 Å². The van der Waals surface area contributed by atoms with Crippen LogP contribution in [0, 0.1) is 6.92 Å². The number of fused-ring (bicyclic) bond motifs is 1. The lowest BCUT2D eigenvalue weighted by Crippen LogP contribution is -2.41. The number of aromatic nitrogens is 1. The molecule has 1 aromatic carbocycles. The molecular formula is C17H23N3OS2. The van der Waals surface area contributed by atoms with Crippen LogP contribution >= 0.6 is 23.5 Å². The summed E-state index contributed by atoms with van der Waals surface area (Å²) in [7, 11) is 0. The molecule has 1 aliphatic rings. The predicted octanol–water partition coefficient (Wildman–Crippen LogP) is 2.73. The normalized spacial score (nSPS) is 15.9. The van der Waals surface area contributed by atoms with Crippen molar-refractivity contribution in [2.45, 2.75) is 11.8 Å². The number of amides is 1. The van der Waals surface area contributed by atoms with E-state index in [9.17, 15) is 4.79 Å². The molecule has 0 bridgehead atoms. The Kier molecular flexibility index (Phi) is 5.91. The van der Waals surface area contributed by atoms with Crippen molar-refractivity contribution in [2.75, 3.05) is 43.4 Å². The minimum absolute atomic E-state index is 0.146. The van der Waals surface area contributed by atoms with Crippen LogP contribution in [0.2, 0.25) is 0 Å². The van der Waals surface area contributed by atoms with E-state index < -0.39 is 0 Å². The lowest BCUT2D eigenvalue weighted by molar-refractivity contribution is -0.122. The molecule has 23 heavy (non-hydrogen) atoms. The van der Waals surface area contributed by atoms with Crippen LogP contribution in [0.4, 0.5) is 0 Å². The fraction of sp³-hybridized carbons (Fsp3) is 0.471. The number of benzene rings is 1. The van der Waals surface area contributed by atoms with Gasteiger partial charge in [-0.15, -0.1) is 11.8 Å². The molecule has 1 aliphatic heterocycles. The summed E-state index contributed by atoms with van der Waals surface area (Å²) in [6, 6.07) is 8.36. The number of hydrogen-bond acceptors (Lipinski definition) is 4. The summed E-state index contributed by atoms with van der Waals surface area (Å²) in [4.78, 5) is 18.9. The van der Waals surface area contributed by atoms with Crippen LogP contribution in [-0.2, 0) is 4.79 Å². The Morgan fingerprint density at radius 1 is 1.35 bits per heavy atom. The van der Waals surface area contributed by atoms with E-state index in [0.717, 1.165) is 30.3 Å². The lowest BCUT2D eigenvalue weighted by atomic mass is 10.2. The van der Waals surface area contributed by atoms with E-state index >= 15 is 0 Å². The zero-order valence-corrected chi connectivity index (χ0v) is 15.1. The van der Waals surface area contributed by atoms with Gasteiger partial charge in [0.05, 0.1) is 6.54 Å². The molecule has 1 amide bonds. The predicted molar refractivity (Wildman–Crippen MR) is 101 cm³/mol. The van der Waals surface area contributed by atoms with Gasteiger partial charge in [-0.1, -0.05) is 18.2 Å². The molecule has 0 aliphatic carbocycles. The van der Waals surface area contributed by atoms with Crippen LogP contribution in [0.1, 0.15) is 5.69 Å². The molecule has 1 fully saturated rings. The van der Waals surface area contributed by atoms with Gasteiger partial charge < -0.3 is 10.3 Å². The van der Waals surface area contributed by atoms with Crippen LogP contribution < -0.4 is 5.32 Å². The monoisotopic (exact) mass is 349 g/mol. The fourth-order valence-corrected chi connectivity index (χ4v) is 4.79. The maximum atomic E-state index is 12.0. The molecule has 0 atom stereocenters. The van der Waals surface area contributed by atoms with Crippen molar-refractivity contribution in [3.05, 3.63) is 30.0 Å². The maximum Gasteiger partial charge on any atom is 0.234 e. The number of carbonyl (C=O) groups excluding carboxylic acids is 1. The van der Waals surface area contributed by atoms with Gasteiger partial charge in [0, 0.05) is 58.4 Å². The van der Waals surface area contributed by atoms with Crippen molar-refractivity contribution < 1.29 is 4.79 Å². The Morgan fingerprint density at radius 3 is 2.96 bits per heavy atom. The number of thioether (sulfide) groups is 2. The Bertz CT molecular complexity index is 665. The molecule has 0 unspecified atom stereocenters. The van der Waals surface area contributed by atoms with E-state index in [1.54, 1.807) is 0 Å². The Labute approximate surface area is 145 Å².